The second-order valence-corrected chi connectivity index (χ2v) is 9.86. The van der Waals surface area contributed by atoms with Crippen LogP contribution < -0.4 is 5.56 Å². The molecule has 0 aliphatic heterocycles. The van der Waals surface area contributed by atoms with E-state index in [0.717, 1.165) is 41.5 Å². The molecular formula is C20H23N3O2S3. The molecule has 0 fully saturated rings. The van der Waals surface area contributed by atoms with Crippen LogP contribution in [0.4, 0.5) is 0 Å². The Kier molecular flexibility index (Phi) is 5.89. The van der Waals surface area contributed by atoms with Crippen LogP contribution in [0.3, 0.4) is 0 Å². The van der Waals surface area contributed by atoms with Crippen LogP contribution in [-0.2, 0) is 30.7 Å². The Hall–Kier alpha value is -1.64. The van der Waals surface area contributed by atoms with E-state index in [0.29, 0.717) is 18.2 Å². The number of amides is 1. The number of hydrogen-bond donors (Lipinski definition) is 0. The number of carbonyl (C=O) groups is 1. The van der Waals surface area contributed by atoms with Crippen LogP contribution in [-0.4, -0.2) is 33.2 Å². The Morgan fingerprint density at radius 2 is 2.25 bits per heavy atom. The quantitative estimate of drug-likeness (QED) is 0.415. The van der Waals surface area contributed by atoms with Crippen LogP contribution in [0.15, 0.2) is 26.8 Å². The van der Waals surface area contributed by atoms with Crippen LogP contribution in [0.5, 0.6) is 0 Å². The smallest absolute Gasteiger partial charge is 0.263 e. The summed E-state index contributed by atoms with van der Waals surface area (Å²) < 4.78 is 1.77. The summed E-state index contributed by atoms with van der Waals surface area (Å²) in [5, 5.41) is 5.55. The van der Waals surface area contributed by atoms with E-state index in [4.69, 9.17) is 4.98 Å². The summed E-state index contributed by atoms with van der Waals surface area (Å²) in [4.78, 5) is 34.4. The van der Waals surface area contributed by atoms with Crippen LogP contribution in [0.1, 0.15) is 35.8 Å². The molecule has 148 valence electrons. The van der Waals surface area contributed by atoms with Crippen molar-refractivity contribution >= 4 is 50.6 Å². The first kappa shape index (κ1) is 19.7. The summed E-state index contributed by atoms with van der Waals surface area (Å²) in [6.45, 7) is 3.30. The second-order valence-electron chi connectivity index (χ2n) is 7.06. The minimum absolute atomic E-state index is 0.0438. The molecule has 0 aromatic carbocycles. The third kappa shape index (κ3) is 3.77. The lowest BCUT2D eigenvalue weighted by Gasteiger charge is -2.17. The molecule has 3 aromatic rings. The van der Waals surface area contributed by atoms with Crippen molar-refractivity contribution in [3.63, 3.8) is 0 Å². The van der Waals surface area contributed by atoms with Crippen molar-refractivity contribution in [3.05, 3.63) is 43.2 Å². The SMILES string of the molecule is CCCn1c(SCC(=O)N(C)Cc2ccsc2)nc2sc3c(c2c1=O)CCC3. The molecule has 4 rings (SSSR count). The molecular weight excluding hydrogens is 410 g/mol. The van der Waals surface area contributed by atoms with Crippen LogP contribution in [0.2, 0.25) is 0 Å². The normalized spacial score (nSPS) is 13.2. The average molecular weight is 434 g/mol. The molecule has 3 aromatic heterocycles. The molecule has 0 saturated heterocycles. The number of rotatable bonds is 7. The molecule has 1 amide bonds. The van der Waals surface area contributed by atoms with Crippen LogP contribution in [0, 0.1) is 0 Å². The van der Waals surface area contributed by atoms with E-state index in [2.05, 4.69) is 12.3 Å². The number of nitrogens with zero attached hydrogens (tertiary/aromatic N) is 3. The van der Waals surface area contributed by atoms with Crippen molar-refractivity contribution in [1.29, 1.82) is 0 Å². The fourth-order valence-electron chi connectivity index (χ4n) is 3.57. The lowest BCUT2D eigenvalue weighted by atomic mass is 10.2. The number of carbonyl (C=O) groups excluding carboxylic acids is 1. The summed E-state index contributed by atoms with van der Waals surface area (Å²) in [7, 11) is 1.82. The van der Waals surface area contributed by atoms with Gasteiger partial charge in [0.1, 0.15) is 4.83 Å². The summed E-state index contributed by atoms with van der Waals surface area (Å²) in [6.07, 6.45) is 4.03. The fraction of sp³-hybridized carbons (Fsp3) is 0.450. The molecule has 28 heavy (non-hydrogen) atoms. The van der Waals surface area contributed by atoms with Gasteiger partial charge in [0.05, 0.1) is 11.1 Å². The van der Waals surface area contributed by atoms with E-state index in [9.17, 15) is 9.59 Å². The van der Waals surface area contributed by atoms with Gasteiger partial charge in [0.25, 0.3) is 5.56 Å². The zero-order valence-electron chi connectivity index (χ0n) is 16.1. The van der Waals surface area contributed by atoms with Gasteiger partial charge in [-0.3, -0.25) is 14.2 Å². The lowest BCUT2D eigenvalue weighted by molar-refractivity contribution is -0.127. The zero-order valence-corrected chi connectivity index (χ0v) is 18.5. The Balaban J connectivity index is 1.56. The molecule has 1 aliphatic carbocycles. The molecule has 0 radical (unpaired) electrons. The van der Waals surface area contributed by atoms with Gasteiger partial charge in [-0.25, -0.2) is 4.98 Å². The fourth-order valence-corrected chi connectivity index (χ4v) is 6.50. The van der Waals surface area contributed by atoms with E-state index in [-0.39, 0.29) is 17.2 Å². The standard InChI is InChI=1S/C20H23N3O2S3/c1-3-8-23-19(25)17-14-5-4-6-15(14)28-18(17)21-20(23)27-12-16(24)22(2)10-13-7-9-26-11-13/h7,9,11H,3-6,8,10,12H2,1-2H3. The highest BCUT2D eigenvalue weighted by atomic mass is 32.2. The molecule has 3 heterocycles. The molecule has 0 bridgehead atoms. The van der Waals surface area contributed by atoms with E-state index < -0.39 is 0 Å². The Morgan fingerprint density at radius 3 is 3.00 bits per heavy atom. The van der Waals surface area contributed by atoms with Gasteiger partial charge < -0.3 is 4.90 Å². The maximum atomic E-state index is 13.2. The number of thioether (sulfide) groups is 1. The summed E-state index contributed by atoms with van der Waals surface area (Å²) in [5.41, 5.74) is 2.42. The van der Waals surface area contributed by atoms with Gasteiger partial charge in [-0.2, -0.15) is 11.3 Å². The Morgan fingerprint density at radius 1 is 1.39 bits per heavy atom. The molecule has 0 saturated carbocycles. The Labute approximate surface area is 176 Å². The van der Waals surface area contributed by atoms with E-state index >= 15 is 0 Å². The number of fused-ring (bicyclic) bond motifs is 3. The highest BCUT2D eigenvalue weighted by Crippen LogP contribution is 2.35. The van der Waals surface area contributed by atoms with E-state index in [1.54, 1.807) is 32.1 Å². The van der Waals surface area contributed by atoms with Gasteiger partial charge in [-0.05, 0) is 53.6 Å². The van der Waals surface area contributed by atoms with Crippen molar-refractivity contribution in [2.24, 2.45) is 0 Å². The molecule has 0 unspecified atom stereocenters. The van der Waals surface area contributed by atoms with Gasteiger partial charge in [-0.15, -0.1) is 11.3 Å². The molecule has 1 aliphatic rings. The van der Waals surface area contributed by atoms with Crippen molar-refractivity contribution in [2.45, 2.75) is 50.9 Å². The highest BCUT2D eigenvalue weighted by molar-refractivity contribution is 7.99. The van der Waals surface area contributed by atoms with Gasteiger partial charge in [0, 0.05) is 25.0 Å². The predicted molar refractivity (Wildman–Crippen MR) is 118 cm³/mol. The average Bonchev–Trinajstić information content (AvgIpc) is 3.39. The third-order valence-corrected chi connectivity index (χ3v) is 7.87. The first-order valence-corrected chi connectivity index (χ1v) is 12.3. The minimum Gasteiger partial charge on any atom is -0.341 e. The highest BCUT2D eigenvalue weighted by Gasteiger charge is 2.23. The maximum Gasteiger partial charge on any atom is 0.263 e. The molecule has 8 heteroatoms. The van der Waals surface area contributed by atoms with Crippen LogP contribution in [0.25, 0.3) is 10.2 Å². The molecule has 0 N–H and O–H groups in total. The van der Waals surface area contributed by atoms with E-state index in [1.165, 1.54) is 22.2 Å². The van der Waals surface area contributed by atoms with Gasteiger partial charge >= 0.3 is 0 Å². The van der Waals surface area contributed by atoms with Crippen LogP contribution >= 0.6 is 34.4 Å². The monoisotopic (exact) mass is 433 g/mol. The molecule has 0 spiro atoms. The largest absolute Gasteiger partial charge is 0.341 e. The second kappa shape index (κ2) is 8.39. The maximum absolute atomic E-state index is 13.2. The predicted octanol–water partition coefficient (Wildman–Crippen LogP) is 4.17. The number of aryl methyl sites for hydroxylation is 2. The topological polar surface area (TPSA) is 55.2 Å². The number of hydrogen-bond acceptors (Lipinski definition) is 6. The van der Waals surface area contributed by atoms with Crippen molar-refractivity contribution < 1.29 is 4.79 Å². The van der Waals surface area contributed by atoms with Gasteiger partial charge in [-0.1, -0.05) is 18.7 Å². The number of thiophene rings is 2. The first-order valence-electron chi connectivity index (χ1n) is 9.51. The number of aromatic nitrogens is 2. The summed E-state index contributed by atoms with van der Waals surface area (Å²) in [5.74, 6) is 0.329. The minimum atomic E-state index is 0.0438. The van der Waals surface area contributed by atoms with Gasteiger partial charge in [0.15, 0.2) is 5.16 Å². The van der Waals surface area contributed by atoms with Crippen molar-refractivity contribution in [2.75, 3.05) is 12.8 Å². The molecule has 0 atom stereocenters. The Bertz CT molecular complexity index is 1050. The van der Waals surface area contributed by atoms with Crippen molar-refractivity contribution in [3.8, 4) is 0 Å². The first-order chi connectivity index (χ1) is 13.6. The summed E-state index contributed by atoms with van der Waals surface area (Å²) >= 11 is 4.66. The van der Waals surface area contributed by atoms with Crippen molar-refractivity contribution in [1.82, 2.24) is 14.5 Å². The van der Waals surface area contributed by atoms with Gasteiger partial charge in [0.2, 0.25) is 5.91 Å². The molecule has 5 nitrogen and oxygen atoms in total. The lowest BCUT2D eigenvalue weighted by Crippen LogP contribution is -2.28. The zero-order chi connectivity index (χ0) is 19.7. The third-order valence-electron chi connectivity index (χ3n) is 4.99. The summed E-state index contributed by atoms with van der Waals surface area (Å²) in [6, 6.07) is 2.03. The van der Waals surface area contributed by atoms with E-state index in [1.807, 2.05) is 18.5 Å².